The molecule has 112 valence electrons. The van der Waals surface area contributed by atoms with Crippen molar-refractivity contribution in [1.82, 2.24) is 4.90 Å². The van der Waals surface area contributed by atoms with Crippen LogP contribution in [-0.4, -0.2) is 23.9 Å². The van der Waals surface area contributed by atoms with Gasteiger partial charge in [0.15, 0.2) is 0 Å². The first kappa shape index (κ1) is 16.5. The van der Waals surface area contributed by atoms with Gasteiger partial charge in [0.25, 0.3) is 0 Å². The molecule has 1 saturated heterocycles. The molecule has 1 amide bonds. The van der Waals surface area contributed by atoms with Gasteiger partial charge in [-0.1, -0.05) is 54.4 Å². The molecule has 0 radical (unpaired) electrons. The molecule has 0 aromatic carbocycles. The Morgan fingerprint density at radius 1 is 1.11 bits per heavy atom. The minimum atomic E-state index is 0.0910. The summed E-state index contributed by atoms with van der Waals surface area (Å²) in [6.45, 7) is 15.5. The minimum absolute atomic E-state index is 0.0910. The van der Waals surface area contributed by atoms with Crippen molar-refractivity contribution in [2.45, 2.75) is 67.2 Å². The Kier molecular flexibility index (Phi) is 5.88. The maximum Gasteiger partial charge on any atom is 0.226 e. The van der Waals surface area contributed by atoms with Crippen LogP contribution in [-0.2, 0) is 4.79 Å². The van der Waals surface area contributed by atoms with Crippen LogP contribution in [0.2, 0.25) is 0 Å². The van der Waals surface area contributed by atoms with Crippen LogP contribution >= 0.6 is 0 Å². The summed E-state index contributed by atoms with van der Waals surface area (Å²) in [6.07, 6.45) is 4.67. The summed E-state index contributed by atoms with van der Waals surface area (Å²) in [5.41, 5.74) is 0.0910. The van der Waals surface area contributed by atoms with Crippen LogP contribution in [0.15, 0.2) is 0 Å². The number of hydrogen-bond donors (Lipinski definition) is 0. The van der Waals surface area contributed by atoms with E-state index in [9.17, 15) is 4.79 Å². The number of hydrogen-bond acceptors (Lipinski definition) is 1. The molecule has 1 aliphatic rings. The topological polar surface area (TPSA) is 20.3 Å². The molecule has 1 heterocycles. The van der Waals surface area contributed by atoms with Crippen molar-refractivity contribution in [1.29, 1.82) is 0 Å². The smallest absolute Gasteiger partial charge is 0.226 e. The van der Waals surface area contributed by atoms with Crippen molar-refractivity contribution in [2.75, 3.05) is 13.1 Å². The molecule has 0 saturated carbocycles. The lowest BCUT2D eigenvalue weighted by Gasteiger charge is -2.39. The zero-order valence-corrected chi connectivity index (χ0v) is 13.8. The van der Waals surface area contributed by atoms with Gasteiger partial charge in [-0.15, -0.1) is 0 Å². The summed E-state index contributed by atoms with van der Waals surface area (Å²) < 4.78 is 0. The lowest BCUT2D eigenvalue weighted by molar-refractivity contribution is -0.143. The van der Waals surface area contributed by atoms with Crippen molar-refractivity contribution >= 4 is 5.91 Å². The third kappa shape index (κ3) is 4.81. The van der Waals surface area contributed by atoms with E-state index >= 15 is 0 Å². The second kappa shape index (κ2) is 6.76. The van der Waals surface area contributed by atoms with Gasteiger partial charge in [-0.05, 0) is 30.1 Å². The van der Waals surface area contributed by atoms with Gasteiger partial charge in [0, 0.05) is 19.0 Å². The lowest BCUT2D eigenvalue weighted by Crippen LogP contribution is -2.48. The highest BCUT2D eigenvalue weighted by molar-refractivity contribution is 5.80. The van der Waals surface area contributed by atoms with Crippen LogP contribution in [0.5, 0.6) is 0 Å². The Balaban J connectivity index is 2.49. The predicted octanol–water partition coefficient (Wildman–Crippen LogP) is 4.34. The van der Waals surface area contributed by atoms with E-state index < -0.39 is 0 Å². The van der Waals surface area contributed by atoms with Crippen LogP contribution in [0, 0.1) is 23.2 Å². The molecule has 0 aliphatic carbocycles. The highest BCUT2D eigenvalue weighted by Crippen LogP contribution is 2.33. The molecule has 0 bridgehead atoms. The third-order valence-electron chi connectivity index (χ3n) is 4.80. The molecule has 1 rings (SSSR count). The molecule has 0 aromatic rings. The third-order valence-corrected chi connectivity index (χ3v) is 4.80. The molecule has 2 nitrogen and oxygen atoms in total. The van der Waals surface area contributed by atoms with Gasteiger partial charge in [-0.2, -0.15) is 0 Å². The first-order valence-corrected chi connectivity index (χ1v) is 8.02. The first-order valence-electron chi connectivity index (χ1n) is 8.02. The molecule has 1 fully saturated rings. The van der Waals surface area contributed by atoms with Crippen LogP contribution in [0.3, 0.4) is 0 Å². The van der Waals surface area contributed by atoms with Crippen LogP contribution in [0.4, 0.5) is 0 Å². The fourth-order valence-electron chi connectivity index (χ4n) is 2.66. The van der Waals surface area contributed by atoms with Gasteiger partial charge >= 0.3 is 0 Å². The summed E-state index contributed by atoms with van der Waals surface area (Å²) in [5.74, 6) is 2.11. The van der Waals surface area contributed by atoms with E-state index in [2.05, 4.69) is 41.5 Å². The number of nitrogens with zero attached hydrogens (tertiary/aromatic N) is 1. The predicted molar refractivity (Wildman–Crippen MR) is 82.0 cm³/mol. The Hall–Kier alpha value is -0.530. The Morgan fingerprint density at radius 3 is 2.05 bits per heavy atom. The number of amides is 1. The normalized spacial score (nSPS) is 19.2. The number of likely N-dealkylation sites (tertiary alicyclic amines) is 1. The SMILES string of the molecule is CC(C)C(C)CCCC(C(=O)N1CCC1)C(C)(C)C. The molecule has 0 N–H and O–H groups in total. The maximum atomic E-state index is 12.5. The highest BCUT2D eigenvalue weighted by atomic mass is 16.2. The zero-order chi connectivity index (χ0) is 14.6. The first-order chi connectivity index (χ1) is 8.73. The van der Waals surface area contributed by atoms with E-state index in [1.54, 1.807) is 0 Å². The average Bonchev–Trinajstić information content (AvgIpc) is 2.18. The Labute approximate surface area is 119 Å². The summed E-state index contributed by atoms with van der Waals surface area (Å²) >= 11 is 0. The standard InChI is InChI=1S/C17H33NO/c1-13(2)14(3)9-7-10-15(17(4,5)6)16(19)18-11-8-12-18/h13-15H,7-12H2,1-6H3. The summed E-state index contributed by atoms with van der Waals surface area (Å²) in [7, 11) is 0. The molecule has 2 heteroatoms. The van der Waals surface area contributed by atoms with E-state index in [0.717, 1.165) is 31.3 Å². The summed E-state index contributed by atoms with van der Waals surface area (Å²) in [4.78, 5) is 14.6. The second-order valence-corrected chi connectivity index (χ2v) is 7.75. The largest absolute Gasteiger partial charge is 0.342 e. The molecule has 0 spiro atoms. The quantitative estimate of drug-likeness (QED) is 0.701. The van der Waals surface area contributed by atoms with Gasteiger partial charge in [0.1, 0.15) is 0 Å². The molecular formula is C17H33NO. The van der Waals surface area contributed by atoms with E-state index in [4.69, 9.17) is 0 Å². The Bertz CT molecular complexity index is 286. The van der Waals surface area contributed by atoms with Crippen molar-refractivity contribution in [3.05, 3.63) is 0 Å². The molecule has 2 atom stereocenters. The summed E-state index contributed by atoms with van der Waals surface area (Å²) in [5, 5.41) is 0. The van der Waals surface area contributed by atoms with Crippen molar-refractivity contribution in [2.24, 2.45) is 23.2 Å². The maximum absolute atomic E-state index is 12.5. The average molecular weight is 267 g/mol. The van der Waals surface area contributed by atoms with Crippen molar-refractivity contribution in [3.63, 3.8) is 0 Å². The van der Waals surface area contributed by atoms with E-state index in [1.165, 1.54) is 19.3 Å². The lowest BCUT2D eigenvalue weighted by atomic mass is 9.76. The van der Waals surface area contributed by atoms with E-state index in [0.29, 0.717) is 5.91 Å². The monoisotopic (exact) mass is 267 g/mol. The van der Waals surface area contributed by atoms with Crippen molar-refractivity contribution in [3.8, 4) is 0 Å². The zero-order valence-electron chi connectivity index (χ0n) is 13.8. The van der Waals surface area contributed by atoms with E-state index in [1.807, 2.05) is 4.90 Å². The molecule has 2 unspecified atom stereocenters. The molecule has 19 heavy (non-hydrogen) atoms. The molecule has 0 aromatic heterocycles. The number of carbonyl (C=O) groups is 1. The fourth-order valence-corrected chi connectivity index (χ4v) is 2.66. The van der Waals surface area contributed by atoms with Gasteiger partial charge < -0.3 is 4.90 Å². The molecule has 1 aliphatic heterocycles. The van der Waals surface area contributed by atoms with Gasteiger partial charge in [-0.25, -0.2) is 0 Å². The van der Waals surface area contributed by atoms with Gasteiger partial charge in [0.05, 0.1) is 0 Å². The second-order valence-electron chi connectivity index (χ2n) is 7.75. The van der Waals surface area contributed by atoms with Crippen LogP contribution < -0.4 is 0 Å². The number of carbonyl (C=O) groups excluding carboxylic acids is 1. The highest BCUT2D eigenvalue weighted by Gasteiger charge is 2.35. The summed E-state index contributed by atoms with van der Waals surface area (Å²) in [6, 6.07) is 0. The van der Waals surface area contributed by atoms with Crippen LogP contribution in [0.25, 0.3) is 0 Å². The van der Waals surface area contributed by atoms with E-state index in [-0.39, 0.29) is 11.3 Å². The number of rotatable bonds is 6. The Morgan fingerprint density at radius 2 is 1.68 bits per heavy atom. The minimum Gasteiger partial charge on any atom is -0.342 e. The van der Waals surface area contributed by atoms with Crippen LogP contribution in [0.1, 0.15) is 67.2 Å². The van der Waals surface area contributed by atoms with Gasteiger partial charge in [0.2, 0.25) is 5.91 Å². The van der Waals surface area contributed by atoms with Gasteiger partial charge in [-0.3, -0.25) is 4.79 Å². The fraction of sp³-hybridized carbons (Fsp3) is 0.941. The van der Waals surface area contributed by atoms with Crippen molar-refractivity contribution < 1.29 is 4.79 Å². The molecular weight excluding hydrogens is 234 g/mol.